The largest absolute Gasteiger partial charge is 0.367 e. The van der Waals surface area contributed by atoms with Crippen LogP contribution in [-0.2, 0) is 10.0 Å². The molecule has 1 atom stereocenters. The number of nitrogens with zero attached hydrogens (tertiary/aromatic N) is 3. The Labute approximate surface area is 187 Å². The van der Waals surface area contributed by atoms with Gasteiger partial charge < -0.3 is 10.2 Å². The molecule has 1 aromatic heterocycles. The molecule has 0 amide bonds. The second-order valence-corrected chi connectivity index (χ2v) is 9.15. The summed E-state index contributed by atoms with van der Waals surface area (Å²) in [6.07, 6.45) is 1.65. The molecule has 0 spiro atoms. The molecule has 1 unspecified atom stereocenters. The van der Waals surface area contributed by atoms with Crippen molar-refractivity contribution in [2.45, 2.75) is 10.9 Å². The maximum absolute atomic E-state index is 12.6. The van der Waals surface area contributed by atoms with Gasteiger partial charge in [0, 0.05) is 25.4 Å². The zero-order valence-electron chi connectivity index (χ0n) is 17.8. The molecule has 0 aliphatic rings. The lowest BCUT2D eigenvalue weighted by molar-refractivity contribution is -0.384. The minimum Gasteiger partial charge on any atom is -0.367 e. The molecule has 0 saturated carbocycles. The van der Waals surface area contributed by atoms with Crippen molar-refractivity contribution < 1.29 is 13.3 Å². The first-order chi connectivity index (χ1) is 15.3. The van der Waals surface area contributed by atoms with E-state index in [0.717, 1.165) is 11.6 Å². The predicted octanol–water partition coefficient (Wildman–Crippen LogP) is 3.03. The van der Waals surface area contributed by atoms with Gasteiger partial charge in [-0.25, -0.2) is 13.1 Å². The summed E-state index contributed by atoms with van der Waals surface area (Å²) in [4.78, 5) is 17.2. The first kappa shape index (κ1) is 23.3. The fourth-order valence-electron chi connectivity index (χ4n) is 3.11. The van der Waals surface area contributed by atoms with Gasteiger partial charge >= 0.3 is 0 Å². The van der Waals surface area contributed by atoms with E-state index in [9.17, 15) is 18.5 Å². The fourth-order valence-corrected chi connectivity index (χ4v) is 4.16. The first-order valence-corrected chi connectivity index (χ1v) is 11.4. The van der Waals surface area contributed by atoms with Gasteiger partial charge in [-0.1, -0.05) is 36.4 Å². The summed E-state index contributed by atoms with van der Waals surface area (Å²) < 4.78 is 27.6. The van der Waals surface area contributed by atoms with Crippen LogP contribution in [0.2, 0.25) is 0 Å². The number of nitro groups is 1. The Morgan fingerprint density at radius 3 is 2.41 bits per heavy atom. The van der Waals surface area contributed by atoms with E-state index in [4.69, 9.17) is 0 Å². The van der Waals surface area contributed by atoms with Crippen LogP contribution in [0.25, 0.3) is 0 Å². The van der Waals surface area contributed by atoms with Gasteiger partial charge in [-0.05, 0) is 43.9 Å². The highest BCUT2D eigenvalue weighted by atomic mass is 32.2. The van der Waals surface area contributed by atoms with Gasteiger partial charge in [0.05, 0.1) is 21.6 Å². The van der Waals surface area contributed by atoms with Gasteiger partial charge in [0.2, 0.25) is 10.0 Å². The predicted molar refractivity (Wildman–Crippen MR) is 123 cm³/mol. The van der Waals surface area contributed by atoms with Crippen molar-refractivity contribution in [1.82, 2.24) is 14.6 Å². The SMILES string of the molecule is CN(C)CCNS(=O)(=O)c1ccc(NC(c2ccccc2)c2ccccn2)c([N+](=O)[O-])c1. The Kier molecular flexibility index (Phi) is 7.52. The number of anilines is 1. The Morgan fingerprint density at radius 1 is 1.06 bits per heavy atom. The molecule has 2 N–H and O–H groups in total. The zero-order valence-corrected chi connectivity index (χ0v) is 18.6. The molecule has 3 rings (SSSR count). The molecule has 0 saturated heterocycles. The molecule has 0 bridgehead atoms. The van der Waals surface area contributed by atoms with E-state index in [1.807, 2.05) is 61.5 Å². The summed E-state index contributed by atoms with van der Waals surface area (Å²) >= 11 is 0. The van der Waals surface area contributed by atoms with E-state index < -0.39 is 21.0 Å². The van der Waals surface area contributed by atoms with Crippen LogP contribution in [0.5, 0.6) is 0 Å². The number of pyridine rings is 1. The van der Waals surface area contributed by atoms with Crippen molar-refractivity contribution in [3.8, 4) is 0 Å². The zero-order chi connectivity index (χ0) is 23.1. The van der Waals surface area contributed by atoms with Gasteiger partial charge in [-0.3, -0.25) is 15.1 Å². The highest BCUT2D eigenvalue weighted by Gasteiger charge is 2.24. The van der Waals surface area contributed by atoms with Crippen molar-refractivity contribution >= 4 is 21.4 Å². The van der Waals surface area contributed by atoms with Crippen LogP contribution >= 0.6 is 0 Å². The summed E-state index contributed by atoms with van der Waals surface area (Å²) in [5.41, 5.74) is 1.40. The number of hydrogen-bond acceptors (Lipinski definition) is 7. The van der Waals surface area contributed by atoms with Crippen molar-refractivity contribution in [3.63, 3.8) is 0 Å². The molecule has 0 radical (unpaired) electrons. The highest BCUT2D eigenvalue weighted by Crippen LogP contribution is 2.32. The number of hydrogen-bond donors (Lipinski definition) is 2. The van der Waals surface area contributed by atoms with Crippen molar-refractivity contribution in [1.29, 1.82) is 0 Å². The molecule has 0 fully saturated rings. The molecular weight excluding hydrogens is 430 g/mol. The Balaban J connectivity index is 1.95. The molecule has 0 aliphatic heterocycles. The Bertz CT molecular complexity index is 1120. The number of rotatable bonds is 10. The van der Waals surface area contributed by atoms with Crippen molar-refractivity contribution in [3.05, 3.63) is 94.3 Å². The molecule has 10 heteroatoms. The van der Waals surface area contributed by atoms with Crippen LogP contribution in [0.15, 0.2) is 77.8 Å². The molecule has 0 aliphatic carbocycles. The topological polar surface area (TPSA) is 117 Å². The molecule has 3 aromatic rings. The number of nitro benzene ring substituents is 1. The quantitative estimate of drug-likeness (QED) is 0.356. The van der Waals surface area contributed by atoms with Crippen LogP contribution in [0.3, 0.4) is 0 Å². The number of sulfonamides is 1. The van der Waals surface area contributed by atoms with E-state index in [1.54, 1.807) is 12.3 Å². The molecule has 32 heavy (non-hydrogen) atoms. The summed E-state index contributed by atoms with van der Waals surface area (Å²) in [7, 11) is -0.235. The van der Waals surface area contributed by atoms with Gasteiger partial charge in [0.25, 0.3) is 5.69 Å². The average molecular weight is 456 g/mol. The standard InChI is InChI=1S/C22H25N5O4S/c1-26(2)15-14-24-32(30,31)18-11-12-19(21(16-18)27(28)29)25-22(17-8-4-3-5-9-17)20-10-6-7-13-23-20/h3-13,16,22,24-25H,14-15H2,1-2H3. The second kappa shape index (κ2) is 10.3. The summed E-state index contributed by atoms with van der Waals surface area (Å²) in [5.74, 6) is 0. The smallest absolute Gasteiger partial charge is 0.293 e. The first-order valence-electron chi connectivity index (χ1n) is 9.93. The third-order valence-electron chi connectivity index (χ3n) is 4.74. The average Bonchev–Trinajstić information content (AvgIpc) is 2.78. The number of nitrogens with one attached hydrogen (secondary N) is 2. The normalized spacial score (nSPS) is 12.5. The van der Waals surface area contributed by atoms with Crippen LogP contribution < -0.4 is 10.0 Å². The van der Waals surface area contributed by atoms with E-state index in [2.05, 4.69) is 15.0 Å². The molecular formula is C22H25N5O4S. The molecule has 2 aromatic carbocycles. The van der Waals surface area contributed by atoms with E-state index >= 15 is 0 Å². The molecule has 1 heterocycles. The highest BCUT2D eigenvalue weighted by molar-refractivity contribution is 7.89. The number of likely N-dealkylation sites (N-methyl/N-ethyl adjacent to an activating group) is 1. The lowest BCUT2D eigenvalue weighted by atomic mass is 10.0. The minimum atomic E-state index is -3.88. The lowest BCUT2D eigenvalue weighted by Crippen LogP contribution is -2.31. The van der Waals surface area contributed by atoms with Gasteiger partial charge in [-0.15, -0.1) is 0 Å². The molecule has 9 nitrogen and oxygen atoms in total. The fraction of sp³-hybridized carbons (Fsp3) is 0.227. The van der Waals surface area contributed by atoms with E-state index in [-0.39, 0.29) is 22.8 Å². The summed E-state index contributed by atoms with van der Waals surface area (Å²) in [6, 6.07) is 18.2. The van der Waals surface area contributed by atoms with Crippen molar-refractivity contribution in [2.24, 2.45) is 0 Å². The van der Waals surface area contributed by atoms with Crippen LogP contribution in [0.4, 0.5) is 11.4 Å². The van der Waals surface area contributed by atoms with Crippen LogP contribution in [-0.4, -0.2) is 50.4 Å². The number of benzene rings is 2. The summed E-state index contributed by atoms with van der Waals surface area (Å²) in [5, 5.41) is 15.0. The monoisotopic (exact) mass is 455 g/mol. The third-order valence-corrected chi connectivity index (χ3v) is 6.20. The van der Waals surface area contributed by atoms with Gasteiger partial charge in [0.15, 0.2) is 0 Å². The Hall–Kier alpha value is -3.34. The maximum atomic E-state index is 12.6. The maximum Gasteiger partial charge on any atom is 0.293 e. The second-order valence-electron chi connectivity index (χ2n) is 7.38. The summed E-state index contributed by atoms with van der Waals surface area (Å²) in [6.45, 7) is 0.697. The lowest BCUT2D eigenvalue weighted by Gasteiger charge is -2.20. The third kappa shape index (κ3) is 5.88. The number of aromatic nitrogens is 1. The Morgan fingerprint density at radius 2 is 1.78 bits per heavy atom. The van der Waals surface area contributed by atoms with Gasteiger partial charge in [-0.2, -0.15) is 0 Å². The minimum absolute atomic E-state index is 0.164. The van der Waals surface area contributed by atoms with Crippen molar-refractivity contribution in [2.75, 3.05) is 32.5 Å². The van der Waals surface area contributed by atoms with Crippen LogP contribution in [0, 0.1) is 10.1 Å². The van der Waals surface area contributed by atoms with Crippen LogP contribution in [0.1, 0.15) is 17.3 Å². The molecule has 168 valence electrons. The van der Waals surface area contributed by atoms with Gasteiger partial charge in [0.1, 0.15) is 5.69 Å². The van der Waals surface area contributed by atoms with E-state index in [0.29, 0.717) is 12.2 Å². The van der Waals surface area contributed by atoms with E-state index in [1.165, 1.54) is 12.1 Å².